The topological polar surface area (TPSA) is 34.1 Å². The first-order valence-corrected chi connectivity index (χ1v) is 9.22. The molecular weight excluding hydrogens is 260 g/mol. The van der Waals surface area contributed by atoms with Crippen LogP contribution in [0.2, 0.25) is 0 Å². The van der Waals surface area contributed by atoms with E-state index in [4.69, 9.17) is 0 Å². The van der Waals surface area contributed by atoms with Crippen molar-refractivity contribution in [1.82, 2.24) is 0 Å². The van der Waals surface area contributed by atoms with Crippen molar-refractivity contribution >= 4 is 11.6 Å². The third-order valence-electron chi connectivity index (χ3n) is 4.15. The van der Waals surface area contributed by atoms with Crippen molar-refractivity contribution < 1.29 is 9.59 Å². The lowest BCUT2D eigenvalue weighted by Gasteiger charge is -2.03. The highest BCUT2D eigenvalue weighted by atomic mass is 16.2. The molecule has 0 N–H and O–H groups in total. The third kappa shape index (κ3) is 15.5. The molecule has 0 fully saturated rings. The van der Waals surface area contributed by atoms with Gasteiger partial charge in [0.25, 0.3) is 0 Å². The SMILES string of the molecule is CCCCCCCCCCCCCCCCC(=O)C(C)=O. The molecule has 0 aliphatic rings. The van der Waals surface area contributed by atoms with Gasteiger partial charge in [-0.2, -0.15) is 0 Å². The Morgan fingerprint density at radius 2 is 0.905 bits per heavy atom. The standard InChI is InChI=1S/C19H36O2/c1-3-4-5-6-7-8-9-10-11-12-13-14-15-16-17-19(21)18(2)20/h3-17H2,1-2H3. The lowest BCUT2D eigenvalue weighted by atomic mass is 10.0. The van der Waals surface area contributed by atoms with Gasteiger partial charge in [-0.15, -0.1) is 0 Å². The molecule has 0 aromatic rings. The Kier molecular flexibility index (Phi) is 15.2. The van der Waals surface area contributed by atoms with Crippen molar-refractivity contribution in [3.63, 3.8) is 0 Å². The second kappa shape index (κ2) is 15.7. The summed E-state index contributed by atoms with van der Waals surface area (Å²) in [5.74, 6) is -0.487. The monoisotopic (exact) mass is 296 g/mol. The van der Waals surface area contributed by atoms with Crippen LogP contribution in [0, 0.1) is 0 Å². The molecule has 0 amide bonds. The zero-order valence-electron chi connectivity index (χ0n) is 14.4. The van der Waals surface area contributed by atoms with Crippen LogP contribution in [-0.4, -0.2) is 11.6 Å². The minimum atomic E-state index is -0.287. The Balaban J connectivity index is 3.06. The Bertz CT molecular complexity index is 258. The lowest BCUT2D eigenvalue weighted by Crippen LogP contribution is -2.08. The van der Waals surface area contributed by atoms with Crippen molar-refractivity contribution in [3.05, 3.63) is 0 Å². The fraction of sp³-hybridized carbons (Fsp3) is 0.895. The van der Waals surface area contributed by atoms with Crippen molar-refractivity contribution in [3.8, 4) is 0 Å². The molecule has 0 aliphatic heterocycles. The predicted octanol–water partition coefficient (Wildman–Crippen LogP) is 6.02. The third-order valence-corrected chi connectivity index (χ3v) is 4.15. The number of carbonyl (C=O) groups excluding carboxylic acids is 2. The first-order chi connectivity index (χ1) is 10.2. The molecule has 124 valence electrons. The van der Waals surface area contributed by atoms with Crippen molar-refractivity contribution in [2.24, 2.45) is 0 Å². The summed E-state index contributed by atoms with van der Waals surface area (Å²) >= 11 is 0. The van der Waals surface area contributed by atoms with E-state index in [1.807, 2.05) is 0 Å². The number of carbonyl (C=O) groups is 2. The number of Topliss-reactive ketones (excluding diaryl/α,β-unsaturated/α-hetero) is 2. The highest BCUT2D eigenvalue weighted by molar-refractivity contribution is 6.36. The summed E-state index contributed by atoms with van der Waals surface area (Å²) in [6, 6.07) is 0. The molecular formula is C19H36O2. The fourth-order valence-corrected chi connectivity index (χ4v) is 2.66. The van der Waals surface area contributed by atoms with E-state index in [0.29, 0.717) is 6.42 Å². The van der Waals surface area contributed by atoms with Gasteiger partial charge < -0.3 is 0 Å². The average Bonchev–Trinajstić information content (AvgIpc) is 2.47. The predicted molar refractivity (Wildman–Crippen MR) is 90.6 cm³/mol. The number of unbranched alkanes of at least 4 members (excludes halogenated alkanes) is 13. The van der Waals surface area contributed by atoms with E-state index in [-0.39, 0.29) is 11.6 Å². The smallest absolute Gasteiger partial charge is 0.198 e. The maximum atomic E-state index is 11.1. The van der Waals surface area contributed by atoms with Gasteiger partial charge >= 0.3 is 0 Å². The van der Waals surface area contributed by atoms with Gasteiger partial charge in [0.2, 0.25) is 0 Å². The van der Waals surface area contributed by atoms with Gasteiger partial charge in [-0.1, -0.05) is 90.4 Å². The van der Waals surface area contributed by atoms with Gasteiger partial charge in [-0.3, -0.25) is 9.59 Å². The molecule has 0 aromatic carbocycles. The molecule has 0 aliphatic carbocycles. The van der Waals surface area contributed by atoms with Crippen molar-refractivity contribution in [1.29, 1.82) is 0 Å². The van der Waals surface area contributed by atoms with Crippen LogP contribution in [0.5, 0.6) is 0 Å². The van der Waals surface area contributed by atoms with Gasteiger partial charge in [0.05, 0.1) is 0 Å². The minimum Gasteiger partial charge on any atom is -0.291 e. The molecule has 0 saturated carbocycles. The molecule has 0 bridgehead atoms. The van der Waals surface area contributed by atoms with E-state index in [1.165, 1.54) is 84.0 Å². The van der Waals surface area contributed by atoms with Gasteiger partial charge in [0.15, 0.2) is 11.6 Å². The summed E-state index contributed by atoms with van der Waals surface area (Å²) in [6.45, 7) is 3.63. The Hall–Kier alpha value is -0.660. The Labute approximate surface area is 132 Å². The second-order valence-electron chi connectivity index (χ2n) is 6.33. The van der Waals surface area contributed by atoms with Gasteiger partial charge in [0.1, 0.15) is 0 Å². The van der Waals surface area contributed by atoms with Crippen LogP contribution in [0.25, 0.3) is 0 Å². The summed E-state index contributed by atoms with van der Waals surface area (Å²) in [5.41, 5.74) is 0. The van der Waals surface area contributed by atoms with E-state index in [1.54, 1.807) is 0 Å². The van der Waals surface area contributed by atoms with Crippen LogP contribution in [0.15, 0.2) is 0 Å². The van der Waals surface area contributed by atoms with Crippen LogP contribution in [0.4, 0.5) is 0 Å². The molecule has 0 spiro atoms. The average molecular weight is 296 g/mol. The summed E-state index contributed by atoms with van der Waals surface area (Å²) in [5, 5.41) is 0. The van der Waals surface area contributed by atoms with Crippen LogP contribution >= 0.6 is 0 Å². The molecule has 0 heterocycles. The molecule has 0 saturated heterocycles. The molecule has 2 nitrogen and oxygen atoms in total. The van der Waals surface area contributed by atoms with Crippen molar-refractivity contribution in [2.45, 2.75) is 110 Å². The van der Waals surface area contributed by atoms with Gasteiger partial charge in [-0.05, 0) is 6.42 Å². The quantitative estimate of drug-likeness (QED) is 0.258. The minimum absolute atomic E-state index is 0.200. The van der Waals surface area contributed by atoms with E-state index in [0.717, 1.165) is 12.8 Å². The Morgan fingerprint density at radius 1 is 0.571 bits per heavy atom. The van der Waals surface area contributed by atoms with Crippen molar-refractivity contribution in [2.75, 3.05) is 0 Å². The Morgan fingerprint density at radius 3 is 1.24 bits per heavy atom. The molecule has 0 aromatic heterocycles. The zero-order valence-corrected chi connectivity index (χ0v) is 14.4. The molecule has 0 radical (unpaired) electrons. The first-order valence-electron chi connectivity index (χ1n) is 9.22. The molecule has 0 atom stereocenters. The first kappa shape index (κ1) is 20.3. The lowest BCUT2D eigenvalue weighted by molar-refractivity contribution is -0.135. The molecule has 2 heteroatoms. The van der Waals surface area contributed by atoms with Crippen LogP contribution in [0.3, 0.4) is 0 Å². The molecule has 0 rings (SSSR count). The highest BCUT2D eigenvalue weighted by Crippen LogP contribution is 2.13. The number of rotatable bonds is 16. The van der Waals surface area contributed by atoms with E-state index in [9.17, 15) is 9.59 Å². The van der Waals surface area contributed by atoms with Crippen LogP contribution in [0.1, 0.15) is 110 Å². The fourth-order valence-electron chi connectivity index (χ4n) is 2.66. The normalized spacial score (nSPS) is 10.8. The number of hydrogen-bond acceptors (Lipinski definition) is 2. The van der Waals surface area contributed by atoms with Crippen LogP contribution in [-0.2, 0) is 9.59 Å². The summed E-state index contributed by atoms with van der Waals surface area (Å²) in [7, 11) is 0. The summed E-state index contributed by atoms with van der Waals surface area (Å²) < 4.78 is 0. The zero-order chi connectivity index (χ0) is 15.8. The maximum Gasteiger partial charge on any atom is 0.198 e. The van der Waals surface area contributed by atoms with Gasteiger partial charge in [0, 0.05) is 13.3 Å². The second-order valence-corrected chi connectivity index (χ2v) is 6.33. The number of hydrogen-bond donors (Lipinski definition) is 0. The summed E-state index contributed by atoms with van der Waals surface area (Å²) in [4.78, 5) is 21.9. The molecule has 21 heavy (non-hydrogen) atoms. The largest absolute Gasteiger partial charge is 0.291 e. The summed E-state index contributed by atoms with van der Waals surface area (Å²) in [6.07, 6.45) is 18.8. The van der Waals surface area contributed by atoms with E-state index >= 15 is 0 Å². The van der Waals surface area contributed by atoms with Crippen LogP contribution < -0.4 is 0 Å². The van der Waals surface area contributed by atoms with Gasteiger partial charge in [-0.25, -0.2) is 0 Å². The number of ketones is 2. The van der Waals surface area contributed by atoms with E-state index in [2.05, 4.69) is 6.92 Å². The maximum absolute atomic E-state index is 11.1. The highest BCUT2D eigenvalue weighted by Gasteiger charge is 2.06. The van der Waals surface area contributed by atoms with E-state index < -0.39 is 0 Å². The molecule has 0 unspecified atom stereocenters.